The fourth-order valence-corrected chi connectivity index (χ4v) is 3.74. The van der Waals surface area contributed by atoms with Gasteiger partial charge in [0, 0.05) is 28.0 Å². The number of H-pyrrole nitrogens is 1. The van der Waals surface area contributed by atoms with E-state index in [1.807, 2.05) is 13.8 Å². The molecule has 0 saturated heterocycles. The van der Waals surface area contributed by atoms with E-state index in [-0.39, 0.29) is 19.1 Å². The molecule has 2 heterocycles. The van der Waals surface area contributed by atoms with Gasteiger partial charge in [-0.15, -0.1) is 0 Å². The Morgan fingerprint density at radius 2 is 2.00 bits per heavy atom. The molecule has 0 saturated carbocycles. The van der Waals surface area contributed by atoms with Gasteiger partial charge < -0.3 is 20.5 Å². The van der Waals surface area contributed by atoms with Crippen molar-refractivity contribution in [1.29, 1.82) is 0 Å². The van der Waals surface area contributed by atoms with Crippen molar-refractivity contribution in [2.75, 3.05) is 6.61 Å². The van der Waals surface area contributed by atoms with Crippen molar-refractivity contribution in [3.63, 3.8) is 0 Å². The van der Waals surface area contributed by atoms with Crippen LogP contribution < -0.4 is 5.32 Å². The zero-order valence-electron chi connectivity index (χ0n) is 16.0. The van der Waals surface area contributed by atoms with E-state index in [2.05, 4.69) is 15.3 Å². The van der Waals surface area contributed by atoms with Gasteiger partial charge in [0.1, 0.15) is 10.8 Å². The van der Waals surface area contributed by atoms with Crippen LogP contribution >= 0.6 is 23.2 Å². The number of aliphatic hydroxyl groups excluding tert-OH is 2. The fraction of sp³-hybridized carbons (Fsp3) is 0.238. The average Bonchev–Trinajstić information content (AvgIpc) is 3.00. The Morgan fingerprint density at radius 1 is 1.24 bits per heavy atom. The molecule has 0 bridgehead atoms. The highest BCUT2D eigenvalue weighted by Crippen LogP contribution is 2.33. The van der Waals surface area contributed by atoms with Crippen molar-refractivity contribution in [1.82, 2.24) is 15.3 Å². The second kappa shape index (κ2) is 8.97. The third kappa shape index (κ3) is 4.46. The molecule has 0 fully saturated rings. The molecule has 0 aliphatic carbocycles. The lowest BCUT2D eigenvalue weighted by Gasteiger charge is -2.17. The van der Waals surface area contributed by atoms with E-state index >= 15 is 0 Å². The molecule has 0 aliphatic heterocycles. The van der Waals surface area contributed by atoms with Gasteiger partial charge in [0.15, 0.2) is 0 Å². The van der Waals surface area contributed by atoms with Crippen molar-refractivity contribution < 1.29 is 15.0 Å². The summed E-state index contributed by atoms with van der Waals surface area (Å²) in [6.45, 7) is 3.18. The fourth-order valence-electron chi connectivity index (χ4n) is 3.39. The van der Waals surface area contributed by atoms with Crippen LogP contribution in [0.2, 0.25) is 10.2 Å². The topological polar surface area (TPSA) is 98.2 Å². The molecule has 152 valence electrons. The third-order valence-electron chi connectivity index (χ3n) is 4.80. The Bertz CT molecular complexity index is 1050. The first-order valence-corrected chi connectivity index (χ1v) is 9.73. The van der Waals surface area contributed by atoms with Crippen LogP contribution in [0, 0.1) is 13.8 Å². The number of carbonyl (C=O) groups is 1. The smallest absolute Gasteiger partial charge is 0.268 e. The number of nitrogens with zero attached hydrogens (tertiary/aromatic N) is 1. The van der Waals surface area contributed by atoms with Crippen LogP contribution in [0.15, 0.2) is 36.5 Å². The molecule has 6 nitrogen and oxygen atoms in total. The van der Waals surface area contributed by atoms with Crippen molar-refractivity contribution >= 4 is 29.1 Å². The van der Waals surface area contributed by atoms with E-state index in [0.29, 0.717) is 38.1 Å². The number of aromatic nitrogens is 2. The van der Waals surface area contributed by atoms with Crippen LogP contribution in [0.1, 0.15) is 38.9 Å². The quantitative estimate of drug-likeness (QED) is 0.442. The lowest BCUT2D eigenvalue weighted by molar-refractivity contribution is 0.0911. The molecule has 2 aromatic heterocycles. The normalized spacial score (nSPS) is 12.1. The van der Waals surface area contributed by atoms with Gasteiger partial charge in [-0.1, -0.05) is 35.3 Å². The number of hydrogen-bond donors (Lipinski definition) is 4. The molecule has 3 aromatic rings. The number of amides is 1. The molecule has 29 heavy (non-hydrogen) atoms. The van der Waals surface area contributed by atoms with Gasteiger partial charge in [0.05, 0.1) is 19.3 Å². The molecule has 1 amide bonds. The number of hydrogen-bond acceptors (Lipinski definition) is 4. The monoisotopic (exact) mass is 433 g/mol. The number of nitrogens with one attached hydrogen (secondary N) is 2. The zero-order valence-corrected chi connectivity index (χ0v) is 17.5. The Labute approximate surface area is 178 Å². The van der Waals surface area contributed by atoms with E-state index in [9.17, 15) is 15.0 Å². The second-order valence-electron chi connectivity index (χ2n) is 6.71. The second-order valence-corrected chi connectivity index (χ2v) is 7.53. The van der Waals surface area contributed by atoms with Gasteiger partial charge in [-0.3, -0.25) is 4.79 Å². The van der Waals surface area contributed by atoms with Crippen LogP contribution in [-0.2, 0) is 6.61 Å². The van der Waals surface area contributed by atoms with Crippen LogP contribution in [0.25, 0.3) is 11.1 Å². The van der Waals surface area contributed by atoms with Crippen molar-refractivity contribution in [2.45, 2.75) is 26.5 Å². The first-order chi connectivity index (χ1) is 13.8. The Balaban J connectivity index is 1.95. The number of aliphatic hydroxyl groups is 2. The molecule has 1 atom stereocenters. The van der Waals surface area contributed by atoms with E-state index in [1.165, 1.54) is 6.20 Å². The number of carbonyl (C=O) groups excluding carboxylic acids is 1. The molecule has 1 aromatic carbocycles. The lowest BCUT2D eigenvalue weighted by Crippen LogP contribution is -2.31. The van der Waals surface area contributed by atoms with Gasteiger partial charge in [-0.05, 0) is 48.7 Å². The summed E-state index contributed by atoms with van der Waals surface area (Å²) in [7, 11) is 0. The van der Waals surface area contributed by atoms with Crippen LogP contribution in [0.4, 0.5) is 0 Å². The minimum atomic E-state index is -0.601. The van der Waals surface area contributed by atoms with Gasteiger partial charge in [0.2, 0.25) is 0 Å². The third-order valence-corrected chi connectivity index (χ3v) is 5.24. The largest absolute Gasteiger partial charge is 0.394 e. The number of halogens is 2. The average molecular weight is 434 g/mol. The molecule has 3 rings (SSSR count). The molecule has 8 heteroatoms. The maximum atomic E-state index is 12.9. The molecule has 0 unspecified atom stereocenters. The van der Waals surface area contributed by atoms with Gasteiger partial charge in [-0.2, -0.15) is 0 Å². The van der Waals surface area contributed by atoms with Crippen LogP contribution in [0.5, 0.6) is 0 Å². The Morgan fingerprint density at radius 3 is 2.66 bits per heavy atom. The molecular formula is C21H21Cl2N3O3. The van der Waals surface area contributed by atoms with Gasteiger partial charge >= 0.3 is 0 Å². The van der Waals surface area contributed by atoms with Crippen LogP contribution in [-0.4, -0.2) is 32.7 Å². The maximum Gasteiger partial charge on any atom is 0.268 e. The summed E-state index contributed by atoms with van der Waals surface area (Å²) in [5, 5.41) is 23.1. The number of benzene rings is 1. The summed E-state index contributed by atoms with van der Waals surface area (Å²) in [5.41, 5.74) is 4.65. The SMILES string of the molecule is Cc1[nH]c(C(=O)N[C@H](CO)c2cccc(Cl)c2)c(C)c1-c1cc(Cl)ncc1CO. The van der Waals surface area contributed by atoms with Crippen molar-refractivity contribution in [2.24, 2.45) is 0 Å². The number of aryl methyl sites for hydroxylation is 1. The highest BCUT2D eigenvalue weighted by molar-refractivity contribution is 6.30. The molecular weight excluding hydrogens is 413 g/mol. The summed E-state index contributed by atoms with van der Waals surface area (Å²) in [6.07, 6.45) is 1.52. The summed E-state index contributed by atoms with van der Waals surface area (Å²) in [4.78, 5) is 20.1. The number of aromatic amines is 1. The first kappa shape index (κ1) is 21.3. The zero-order chi connectivity index (χ0) is 21.1. The standard InChI is InChI=1S/C21H21Cl2N3O3/c1-11-19(16-7-18(23)24-8-14(16)9-27)12(2)25-20(11)21(29)26-17(10-28)13-4-3-5-15(22)6-13/h3-8,17,25,27-28H,9-10H2,1-2H3,(H,26,29)/t17-/m1/s1. The predicted molar refractivity (Wildman–Crippen MR) is 113 cm³/mol. The van der Waals surface area contributed by atoms with Gasteiger partial charge in [-0.25, -0.2) is 4.98 Å². The molecule has 0 radical (unpaired) electrons. The Kier molecular flexibility index (Phi) is 6.59. The van der Waals surface area contributed by atoms with E-state index < -0.39 is 6.04 Å². The first-order valence-electron chi connectivity index (χ1n) is 8.97. The van der Waals surface area contributed by atoms with Crippen molar-refractivity contribution in [3.8, 4) is 11.1 Å². The van der Waals surface area contributed by atoms with Crippen LogP contribution in [0.3, 0.4) is 0 Å². The summed E-state index contributed by atoms with van der Waals surface area (Å²) in [6, 6.07) is 8.05. The van der Waals surface area contributed by atoms with E-state index in [0.717, 1.165) is 11.3 Å². The maximum absolute atomic E-state index is 12.9. The minimum absolute atomic E-state index is 0.202. The minimum Gasteiger partial charge on any atom is -0.394 e. The molecule has 0 spiro atoms. The predicted octanol–water partition coefficient (Wildman–Crippen LogP) is 3.96. The molecule has 4 N–H and O–H groups in total. The van der Waals surface area contributed by atoms with E-state index in [4.69, 9.17) is 23.2 Å². The number of pyridine rings is 1. The van der Waals surface area contributed by atoms with E-state index in [1.54, 1.807) is 30.3 Å². The highest BCUT2D eigenvalue weighted by atomic mass is 35.5. The van der Waals surface area contributed by atoms with Gasteiger partial charge in [0.25, 0.3) is 5.91 Å². The molecule has 0 aliphatic rings. The number of rotatable bonds is 6. The highest BCUT2D eigenvalue weighted by Gasteiger charge is 2.23. The van der Waals surface area contributed by atoms with Crippen molar-refractivity contribution in [3.05, 3.63) is 74.8 Å². The Hall–Kier alpha value is -2.38. The summed E-state index contributed by atoms with van der Waals surface area (Å²) < 4.78 is 0. The summed E-state index contributed by atoms with van der Waals surface area (Å²) in [5.74, 6) is -0.360. The summed E-state index contributed by atoms with van der Waals surface area (Å²) >= 11 is 12.1. The lowest BCUT2D eigenvalue weighted by atomic mass is 9.98.